The molecular formula is C13H24O3. The van der Waals surface area contributed by atoms with Crippen LogP contribution in [0.15, 0.2) is 0 Å². The van der Waals surface area contributed by atoms with E-state index < -0.39 is 0 Å². The van der Waals surface area contributed by atoms with Crippen molar-refractivity contribution in [2.75, 3.05) is 14.2 Å². The molecule has 3 heteroatoms. The van der Waals surface area contributed by atoms with Crippen LogP contribution in [0.4, 0.5) is 0 Å². The lowest BCUT2D eigenvalue weighted by Gasteiger charge is -2.16. The molecule has 0 heterocycles. The maximum Gasteiger partial charge on any atom is 0.156 e. The summed E-state index contributed by atoms with van der Waals surface area (Å²) in [6.45, 7) is 0. The lowest BCUT2D eigenvalue weighted by Crippen LogP contribution is -2.16. The van der Waals surface area contributed by atoms with E-state index >= 15 is 0 Å². The Hall–Kier alpha value is -0.410. The molecule has 1 saturated carbocycles. The zero-order chi connectivity index (χ0) is 11.8. The summed E-state index contributed by atoms with van der Waals surface area (Å²) >= 11 is 0. The van der Waals surface area contributed by atoms with Crippen molar-refractivity contribution in [3.05, 3.63) is 0 Å². The first-order valence-corrected chi connectivity index (χ1v) is 6.36. The summed E-state index contributed by atoms with van der Waals surface area (Å²) < 4.78 is 10.3. The number of hydrogen-bond acceptors (Lipinski definition) is 3. The van der Waals surface area contributed by atoms with Crippen molar-refractivity contribution in [3.63, 3.8) is 0 Å². The summed E-state index contributed by atoms with van der Waals surface area (Å²) in [6.07, 6.45) is 8.21. The molecule has 1 aliphatic rings. The molecule has 0 bridgehead atoms. The quantitative estimate of drug-likeness (QED) is 0.518. The second kappa shape index (κ2) is 7.80. The van der Waals surface area contributed by atoms with Gasteiger partial charge in [-0.3, -0.25) is 4.79 Å². The molecule has 0 amide bonds. The molecular weight excluding hydrogens is 204 g/mol. The van der Waals surface area contributed by atoms with Gasteiger partial charge in [-0.1, -0.05) is 12.8 Å². The van der Waals surface area contributed by atoms with Crippen LogP contribution in [-0.2, 0) is 14.3 Å². The SMILES string of the molecule is COC(CCCC1CCCCCC1=O)OC. The normalized spacial score (nSPS) is 22.4. The number of carbonyl (C=O) groups is 1. The lowest BCUT2D eigenvalue weighted by molar-refractivity contribution is -0.123. The average molecular weight is 228 g/mol. The molecule has 0 aromatic carbocycles. The summed E-state index contributed by atoms with van der Waals surface area (Å²) in [6, 6.07) is 0. The molecule has 1 unspecified atom stereocenters. The van der Waals surface area contributed by atoms with Gasteiger partial charge in [0.15, 0.2) is 6.29 Å². The summed E-state index contributed by atoms with van der Waals surface area (Å²) in [7, 11) is 3.32. The monoisotopic (exact) mass is 228 g/mol. The third-order valence-corrected chi connectivity index (χ3v) is 3.45. The van der Waals surface area contributed by atoms with E-state index in [1.165, 1.54) is 12.8 Å². The Morgan fingerprint density at radius 3 is 2.69 bits per heavy atom. The molecule has 16 heavy (non-hydrogen) atoms. The van der Waals surface area contributed by atoms with Crippen LogP contribution in [-0.4, -0.2) is 26.3 Å². The fourth-order valence-corrected chi connectivity index (χ4v) is 2.40. The second-order valence-electron chi connectivity index (χ2n) is 4.59. The van der Waals surface area contributed by atoms with Gasteiger partial charge in [0.05, 0.1) is 0 Å². The highest BCUT2D eigenvalue weighted by Gasteiger charge is 2.20. The second-order valence-corrected chi connectivity index (χ2v) is 4.59. The molecule has 0 radical (unpaired) electrons. The minimum atomic E-state index is -0.110. The van der Waals surface area contributed by atoms with Crippen molar-refractivity contribution in [1.82, 2.24) is 0 Å². The van der Waals surface area contributed by atoms with E-state index in [1.807, 2.05) is 0 Å². The maximum atomic E-state index is 11.8. The van der Waals surface area contributed by atoms with Gasteiger partial charge >= 0.3 is 0 Å². The van der Waals surface area contributed by atoms with Gasteiger partial charge in [0.2, 0.25) is 0 Å². The highest BCUT2D eigenvalue weighted by Crippen LogP contribution is 2.24. The van der Waals surface area contributed by atoms with Crippen LogP contribution in [0, 0.1) is 5.92 Å². The largest absolute Gasteiger partial charge is 0.356 e. The van der Waals surface area contributed by atoms with Crippen LogP contribution in [0.2, 0.25) is 0 Å². The summed E-state index contributed by atoms with van der Waals surface area (Å²) in [5, 5.41) is 0. The molecule has 1 atom stereocenters. The van der Waals surface area contributed by atoms with Gasteiger partial charge in [0.1, 0.15) is 5.78 Å². The van der Waals surface area contributed by atoms with E-state index in [0.717, 1.165) is 38.5 Å². The number of methoxy groups -OCH3 is 2. The zero-order valence-corrected chi connectivity index (χ0v) is 10.5. The number of ether oxygens (including phenoxy) is 2. The van der Waals surface area contributed by atoms with Crippen molar-refractivity contribution < 1.29 is 14.3 Å². The zero-order valence-electron chi connectivity index (χ0n) is 10.5. The minimum absolute atomic E-state index is 0.110. The van der Waals surface area contributed by atoms with Crippen molar-refractivity contribution in [2.24, 2.45) is 5.92 Å². The van der Waals surface area contributed by atoms with Crippen LogP contribution in [0.3, 0.4) is 0 Å². The smallest absolute Gasteiger partial charge is 0.156 e. The first kappa shape index (κ1) is 13.7. The first-order chi connectivity index (χ1) is 7.77. The number of ketones is 1. The Morgan fingerprint density at radius 1 is 1.25 bits per heavy atom. The van der Waals surface area contributed by atoms with Gasteiger partial charge in [-0.05, 0) is 32.1 Å². The summed E-state index contributed by atoms with van der Waals surface area (Å²) in [4.78, 5) is 11.8. The Labute approximate surface area is 98.5 Å². The predicted molar refractivity (Wildman–Crippen MR) is 63.2 cm³/mol. The first-order valence-electron chi connectivity index (χ1n) is 6.36. The molecule has 94 valence electrons. The van der Waals surface area contributed by atoms with Crippen LogP contribution >= 0.6 is 0 Å². The number of Topliss-reactive ketones (excluding diaryl/α,β-unsaturated/α-hetero) is 1. The van der Waals surface area contributed by atoms with E-state index in [-0.39, 0.29) is 6.29 Å². The molecule has 1 aliphatic carbocycles. The summed E-state index contributed by atoms with van der Waals surface area (Å²) in [5.74, 6) is 0.778. The molecule has 0 N–H and O–H groups in total. The predicted octanol–water partition coefficient (Wildman–Crippen LogP) is 2.93. The van der Waals surface area contributed by atoms with Gasteiger partial charge in [-0.2, -0.15) is 0 Å². The number of carbonyl (C=O) groups excluding carboxylic acids is 1. The third-order valence-electron chi connectivity index (χ3n) is 3.45. The van der Waals surface area contributed by atoms with Gasteiger partial charge in [0, 0.05) is 26.6 Å². The van der Waals surface area contributed by atoms with Crippen molar-refractivity contribution in [2.45, 2.75) is 57.7 Å². The van der Waals surface area contributed by atoms with Gasteiger partial charge in [-0.25, -0.2) is 0 Å². The highest BCUT2D eigenvalue weighted by molar-refractivity contribution is 5.81. The van der Waals surface area contributed by atoms with Crippen LogP contribution in [0.1, 0.15) is 51.4 Å². The topological polar surface area (TPSA) is 35.5 Å². The third kappa shape index (κ3) is 4.62. The van der Waals surface area contributed by atoms with Gasteiger partial charge < -0.3 is 9.47 Å². The molecule has 1 fully saturated rings. The molecule has 0 aliphatic heterocycles. The molecule has 0 aromatic rings. The Balaban J connectivity index is 2.22. The molecule has 3 nitrogen and oxygen atoms in total. The van der Waals surface area contributed by atoms with Crippen LogP contribution in [0.5, 0.6) is 0 Å². The van der Waals surface area contributed by atoms with Crippen LogP contribution in [0.25, 0.3) is 0 Å². The number of rotatable bonds is 6. The Kier molecular flexibility index (Phi) is 6.65. The standard InChI is InChI=1S/C13H24O3/c1-15-13(16-2)10-6-8-11-7-4-3-5-9-12(11)14/h11,13H,3-10H2,1-2H3. The van der Waals surface area contributed by atoms with E-state index in [2.05, 4.69) is 0 Å². The van der Waals surface area contributed by atoms with Crippen LogP contribution < -0.4 is 0 Å². The molecule has 1 rings (SSSR count). The summed E-state index contributed by atoms with van der Waals surface area (Å²) in [5.41, 5.74) is 0. The Morgan fingerprint density at radius 2 is 2.00 bits per heavy atom. The maximum absolute atomic E-state index is 11.8. The highest BCUT2D eigenvalue weighted by atomic mass is 16.7. The fraction of sp³-hybridized carbons (Fsp3) is 0.923. The van der Waals surface area contributed by atoms with E-state index in [0.29, 0.717) is 11.7 Å². The lowest BCUT2D eigenvalue weighted by atomic mass is 9.93. The van der Waals surface area contributed by atoms with Gasteiger partial charge in [-0.15, -0.1) is 0 Å². The van der Waals surface area contributed by atoms with E-state index in [1.54, 1.807) is 14.2 Å². The van der Waals surface area contributed by atoms with Crippen molar-refractivity contribution in [1.29, 1.82) is 0 Å². The fourth-order valence-electron chi connectivity index (χ4n) is 2.40. The molecule has 0 aromatic heterocycles. The Bertz CT molecular complexity index is 199. The van der Waals surface area contributed by atoms with E-state index in [4.69, 9.17) is 9.47 Å². The minimum Gasteiger partial charge on any atom is -0.356 e. The molecule has 0 saturated heterocycles. The molecule has 0 spiro atoms. The van der Waals surface area contributed by atoms with E-state index in [9.17, 15) is 4.79 Å². The number of hydrogen-bond donors (Lipinski definition) is 0. The van der Waals surface area contributed by atoms with Crippen molar-refractivity contribution >= 4 is 5.78 Å². The average Bonchev–Trinajstić information content (AvgIpc) is 2.50. The van der Waals surface area contributed by atoms with Gasteiger partial charge in [0.25, 0.3) is 0 Å². The van der Waals surface area contributed by atoms with Crippen molar-refractivity contribution in [3.8, 4) is 0 Å².